The Labute approximate surface area is 154 Å². The Bertz CT molecular complexity index is 786. The van der Waals surface area contributed by atoms with E-state index in [1.165, 1.54) is 11.4 Å². The SMILES string of the molecule is CNC(=O)NC(=O)[C@@H](C)[NH+]1CCN(S(=O)(=O)c2ccc(C)cc2C)CC1. The molecule has 1 fully saturated rings. The minimum Gasteiger partial charge on any atom is -0.341 e. The number of aryl methyl sites for hydroxylation is 2. The minimum absolute atomic E-state index is 0.331. The molecule has 1 aromatic carbocycles. The number of piperazine rings is 1. The van der Waals surface area contributed by atoms with Gasteiger partial charge in [0, 0.05) is 7.05 Å². The Balaban J connectivity index is 2.03. The Kier molecular flexibility index (Phi) is 6.38. The smallest absolute Gasteiger partial charge is 0.321 e. The number of amides is 3. The Hall–Kier alpha value is -1.97. The van der Waals surface area contributed by atoms with Crippen molar-refractivity contribution >= 4 is 22.0 Å². The highest BCUT2D eigenvalue weighted by atomic mass is 32.2. The van der Waals surface area contributed by atoms with E-state index in [0.717, 1.165) is 16.0 Å². The molecule has 1 saturated heterocycles. The Morgan fingerprint density at radius 3 is 2.35 bits per heavy atom. The van der Waals surface area contributed by atoms with Gasteiger partial charge in [0.1, 0.15) is 0 Å². The number of rotatable bonds is 4. The topological polar surface area (TPSA) is 100 Å². The second-order valence-corrected chi connectivity index (χ2v) is 8.53. The van der Waals surface area contributed by atoms with Crippen LogP contribution in [0.1, 0.15) is 18.1 Å². The Morgan fingerprint density at radius 2 is 1.81 bits per heavy atom. The van der Waals surface area contributed by atoms with E-state index in [0.29, 0.717) is 31.1 Å². The first-order chi connectivity index (χ1) is 12.2. The fourth-order valence-corrected chi connectivity index (χ4v) is 4.79. The van der Waals surface area contributed by atoms with Gasteiger partial charge in [0.2, 0.25) is 10.0 Å². The van der Waals surface area contributed by atoms with Gasteiger partial charge < -0.3 is 10.2 Å². The van der Waals surface area contributed by atoms with Gasteiger partial charge in [-0.25, -0.2) is 13.2 Å². The van der Waals surface area contributed by atoms with E-state index < -0.39 is 22.1 Å². The maximum atomic E-state index is 12.9. The number of sulfonamides is 1. The third-order valence-corrected chi connectivity index (χ3v) is 6.84. The lowest BCUT2D eigenvalue weighted by Gasteiger charge is -2.34. The monoisotopic (exact) mass is 383 g/mol. The number of hydrogen-bond donors (Lipinski definition) is 3. The van der Waals surface area contributed by atoms with Gasteiger partial charge in [0.05, 0.1) is 31.1 Å². The highest BCUT2D eigenvalue weighted by molar-refractivity contribution is 7.89. The van der Waals surface area contributed by atoms with Crippen LogP contribution in [0.5, 0.6) is 0 Å². The molecule has 8 nitrogen and oxygen atoms in total. The molecule has 0 unspecified atom stereocenters. The summed E-state index contributed by atoms with van der Waals surface area (Å²) < 4.78 is 27.3. The number of nitrogens with zero attached hydrogens (tertiary/aromatic N) is 1. The highest BCUT2D eigenvalue weighted by Crippen LogP contribution is 2.20. The van der Waals surface area contributed by atoms with Crippen LogP contribution in [-0.2, 0) is 14.8 Å². The molecule has 1 aromatic rings. The number of nitrogens with one attached hydrogen (secondary N) is 3. The first-order valence-electron chi connectivity index (χ1n) is 8.61. The zero-order valence-electron chi connectivity index (χ0n) is 15.6. The largest absolute Gasteiger partial charge is 0.341 e. The lowest BCUT2D eigenvalue weighted by molar-refractivity contribution is -0.917. The van der Waals surface area contributed by atoms with E-state index in [1.54, 1.807) is 26.0 Å². The van der Waals surface area contributed by atoms with E-state index in [4.69, 9.17) is 0 Å². The van der Waals surface area contributed by atoms with Gasteiger partial charge in [-0.3, -0.25) is 10.1 Å². The molecular formula is C17H27N4O4S+. The first-order valence-corrected chi connectivity index (χ1v) is 10.1. The molecule has 0 bridgehead atoms. The van der Waals surface area contributed by atoms with Crippen molar-refractivity contribution in [3.05, 3.63) is 29.3 Å². The standard InChI is InChI=1S/C17H26N4O4S/c1-12-5-6-15(13(2)11-12)26(24,25)21-9-7-20(8-10-21)14(3)16(22)19-17(23)18-4/h5-6,11,14H,7-10H2,1-4H3,(H2,18,19,22,23)/p+1/t14-/m1/s1. The zero-order valence-corrected chi connectivity index (χ0v) is 16.4. The predicted octanol–water partition coefficient (Wildman–Crippen LogP) is -0.963. The second kappa shape index (κ2) is 8.15. The molecular weight excluding hydrogens is 356 g/mol. The number of urea groups is 1. The molecule has 144 valence electrons. The molecule has 3 amide bonds. The van der Waals surface area contributed by atoms with Crippen LogP contribution < -0.4 is 15.5 Å². The van der Waals surface area contributed by atoms with Crippen LogP contribution in [0.2, 0.25) is 0 Å². The van der Waals surface area contributed by atoms with Crippen LogP contribution in [0.3, 0.4) is 0 Å². The first kappa shape index (κ1) is 20.3. The molecule has 1 atom stereocenters. The lowest BCUT2D eigenvalue weighted by Crippen LogP contribution is -3.19. The number of hydrogen-bond acceptors (Lipinski definition) is 4. The molecule has 0 spiro atoms. The van der Waals surface area contributed by atoms with Crippen molar-refractivity contribution in [2.24, 2.45) is 0 Å². The summed E-state index contributed by atoms with van der Waals surface area (Å²) in [5.41, 5.74) is 1.75. The number of carbonyl (C=O) groups excluding carboxylic acids is 2. The summed E-state index contributed by atoms with van der Waals surface area (Å²) in [4.78, 5) is 24.6. The fourth-order valence-electron chi connectivity index (χ4n) is 3.14. The Morgan fingerprint density at radius 1 is 1.19 bits per heavy atom. The van der Waals surface area contributed by atoms with Crippen molar-refractivity contribution in [1.29, 1.82) is 0 Å². The number of quaternary nitrogens is 1. The van der Waals surface area contributed by atoms with Crippen LogP contribution in [0.25, 0.3) is 0 Å². The molecule has 9 heteroatoms. The summed E-state index contributed by atoms with van der Waals surface area (Å²) in [5.74, 6) is -0.370. The summed E-state index contributed by atoms with van der Waals surface area (Å²) in [6.07, 6.45) is 0. The van der Waals surface area contributed by atoms with E-state index in [-0.39, 0.29) is 5.91 Å². The van der Waals surface area contributed by atoms with Gasteiger partial charge in [-0.1, -0.05) is 17.7 Å². The summed E-state index contributed by atoms with van der Waals surface area (Å²) >= 11 is 0. The van der Waals surface area contributed by atoms with E-state index >= 15 is 0 Å². The van der Waals surface area contributed by atoms with E-state index in [2.05, 4.69) is 10.6 Å². The molecule has 2 rings (SSSR count). The van der Waals surface area contributed by atoms with Crippen LogP contribution >= 0.6 is 0 Å². The van der Waals surface area contributed by atoms with Crippen LogP contribution in [0.15, 0.2) is 23.1 Å². The summed E-state index contributed by atoms with van der Waals surface area (Å²) in [7, 11) is -2.11. The van der Waals surface area contributed by atoms with Gasteiger partial charge in [0.15, 0.2) is 6.04 Å². The molecule has 1 aliphatic rings. The van der Waals surface area contributed by atoms with Crippen LogP contribution in [-0.4, -0.2) is 63.9 Å². The molecule has 0 radical (unpaired) electrons. The third kappa shape index (κ3) is 4.40. The van der Waals surface area contributed by atoms with E-state index in [1.807, 2.05) is 13.0 Å². The number of carbonyl (C=O) groups is 2. The van der Waals surface area contributed by atoms with Gasteiger partial charge in [-0.05, 0) is 32.4 Å². The van der Waals surface area contributed by atoms with Crippen molar-refractivity contribution in [3.63, 3.8) is 0 Å². The third-order valence-electron chi connectivity index (χ3n) is 4.78. The molecule has 0 aromatic heterocycles. The quantitative estimate of drug-likeness (QED) is 0.623. The average molecular weight is 383 g/mol. The number of benzene rings is 1. The molecule has 26 heavy (non-hydrogen) atoms. The van der Waals surface area contributed by atoms with Crippen LogP contribution in [0, 0.1) is 13.8 Å². The van der Waals surface area contributed by atoms with E-state index in [9.17, 15) is 18.0 Å². The fraction of sp³-hybridized carbons (Fsp3) is 0.529. The molecule has 0 aliphatic carbocycles. The van der Waals surface area contributed by atoms with Crippen LogP contribution in [0.4, 0.5) is 4.79 Å². The van der Waals surface area contributed by atoms with Gasteiger partial charge in [-0.2, -0.15) is 4.31 Å². The van der Waals surface area contributed by atoms with Crippen molar-refractivity contribution < 1.29 is 22.9 Å². The van der Waals surface area contributed by atoms with Crippen molar-refractivity contribution in [3.8, 4) is 0 Å². The summed E-state index contributed by atoms with van der Waals surface area (Å²) in [6.45, 7) is 7.15. The number of imide groups is 1. The maximum absolute atomic E-state index is 12.9. The average Bonchev–Trinajstić information content (AvgIpc) is 2.60. The lowest BCUT2D eigenvalue weighted by atomic mass is 10.2. The van der Waals surface area contributed by atoms with Gasteiger partial charge in [0.25, 0.3) is 5.91 Å². The molecule has 0 saturated carbocycles. The van der Waals surface area contributed by atoms with Crippen molar-refractivity contribution in [2.45, 2.75) is 31.7 Å². The van der Waals surface area contributed by atoms with Gasteiger partial charge in [-0.15, -0.1) is 0 Å². The summed E-state index contributed by atoms with van der Waals surface area (Å²) in [6, 6.07) is 4.33. The predicted molar refractivity (Wildman–Crippen MR) is 97.4 cm³/mol. The second-order valence-electron chi connectivity index (χ2n) is 6.62. The molecule has 3 N–H and O–H groups in total. The zero-order chi connectivity index (χ0) is 19.5. The van der Waals surface area contributed by atoms with Crippen molar-refractivity contribution in [1.82, 2.24) is 14.9 Å². The molecule has 1 aliphatic heterocycles. The highest BCUT2D eigenvalue weighted by Gasteiger charge is 2.35. The normalized spacial score (nSPS) is 17.5. The van der Waals surface area contributed by atoms with Crippen molar-refractivity contribution in [2.75, 3.05) is 33.2 Å². The molecule has 1 heterocycles. The summed E-state index contributed by atoms with van der Waals surface area (Å²) in [5, 5.41) is 4.61. The maximum Gasteiger partial charge on any atom is 0.321 e. The van der Waals surface area contributed by atoms with Gasteiger partial charge >= 0.3 is 6.03 Å². The minimum atomic E-state index is -3.55.